The lowest BCUT2D eigenvalue weighted by molar-refractivity contribution is -0.116. The van der Waals surface area contributed by atoms with Gasteiger partial charge in [-0.2, -0.15) is 0 Å². The summed E-state index contributed by atoms with van der Waals surface area (Å²) in [6, 6.07) is 15.6. The monoisotopic (exact) mass is 469 g/mol. The van der Waals surface area contributed by atoms with Crippen LogP contribution in [0, 0.1) is 0 Å². The van der Waals surface area contributed by atoms with Gasteiger partial charge in [0.15, 0.2) is 0 Å². The predicted molar refractivity (Wildman–Crippen MR) is 133 cm³/mol. The molecule has 2 aromatic carbocycles. The Morgan fingerprint density at radius 3 is 2.28 bits per heavy atom. The molecule has 0 radical (unpaired) electrons. The summed E-state index contributed by atoms with van der Waals surface area (Å²) in [5, 5.41) is 5.89. The van der Waals surface area contributed by atoms with Crippen LogP contribution < -0.4 is 5.32 Å². The van der Waals surface area contributed by atoms with E-state index in [0.29, 0.717) is 28.4 Å². The highest BCUT2D eigenvalue weighted by atomic mass is 35.5. The van der Waals surface area contributed by atoms with Crippen molar-refractivity contribution < 1.29 is 14.3 Å². The number of carbonyl (C=O) groups excluding carboxylic acids is 2. The third-order valence-electron chi connectivity index (χ3n) is 5.14. The molecule has 0 bridgehead atoms. The number of hydrogen-bond donors (Lipinski definition) is 1. The zero-order valence-electron chi connectivity index (χ0n) is 18.8. The van der Waals surface area contributed by atoms with Gasteiger partial charge < -0.3 is 10.1 Å². The van der Waals surface area contributed by atoms with Gasteiger partial charge in [-0.15, -0.1) is 11.3 Å². The van der Waals surface area contributed by atoms with Crippen LogP contribution in [0.5, 0.6) is 0 Å². The first kappa shape index (κ1) is 24.0. The number of esters is 1. The second-order valence-electron chi connectivity index (χ2n) is 8.58. The minimum atomic E-state index is -0.452. The quantitative estimate of drug-likeness (QED) is 0.375. The van der Waals surface area contributed by atoms with Crippen molar-refractivity contribution in [2.24, 2.45) is 0 Å². The molecule has 0 spiro atoms. The minimum absolute atomic E-state index is 0.0976. The first-order valence-corrected chi connectivity index (χ1v) is 11.9. The molecular weight excluding hydrogens is 442 g/mol. The Kier molecular flexibility index (Phi) is 7.75. The molecule has 168 valence electrons. The smallest absolute Gasteiger partial charge is 0.341 e. The van der Waals surface area contributed by atoms with E-state index in [-0.39, 0.29) is 17.9 Å². The Morgan fingerprint density at radius 2 is 1.69 bits per heavy atom. The molecule has 1 amide bonds. The number of halogens is 1. The number of nitrogens with one attached hydrogen (secondary N) is 1. The fourth-order valence-corrected chi connectivity index (χ4v) is 4.42. The fourth-order valence-electron chi connectivity index (χ4n) is 3.32. The van der Waals surface area contributed by atoms with Crippen molar-refractivity contribution in [3.05, 3.63) is 75.6 Å². The van der Waals surface area contributed by atoms with Crippen molar-refractivity contribution in [3.63, 3.8) is 0 Å². The molecule has 3 rings (SSSR count). The Labute approximate surface area is 198 Å². The van der Waals surface area contributed by atoms with Gasteiger partial charge in [0, 0.05) is 22.4 Å². The number of carbonyl (C=O) groups is 2. The lowest BCUT2D eigenvalue weighted by Crippen LogP contribution is -2.15. The first-order chi connectivity index (χ1) is 15.2. The van der Waals surface area contributed by atoms with Crippen molar-refractivity contribution in [2.45, 2.75) is 46.0 Å². The Morgan fingerprint density at radius 1 is 1.03 bits per heavy atom. The summed E-state index contributed by atoms with van der Waals surface area (Å²) >= 11 is 7.31. The van der Waals surface area contributed by atoms with Crippen LogP contribution in [0.15, 0.2) is 53.9 Å². The molecule has 1 N–H and O–H groups in total. The lowest BCUT2D eigenvalue weighted by atomic mass is 9.86. The van der Waals surface area contributed by atoms with Crippen LogP contribution in [0.1, 0.15) is 55.6 Å². The maximum absolute atomic E-state index is 12.7. The molecule has 6 heteroatoms. The van der Waals surface area contributed by atoms with Crippen LogP contribution in [0.3, 0.4) is 0 Å². The second-order valence-corrected chi connectivity index (χ2v) is 9.89. The van der Waals surface area contributed by atoms with Gasteiger partial charge in [-0.05, 0) is 47.6 Å². The predicted octanol–water partition coefficient (Wildman–Crippen LogP) is 7.11. The number of ether oxygens (including phenoxy) is 1. The first-order valence-electron chi connectivity index (χ1n) is 10.6. The van der Waals surface area contributed by atoms with E-state index in [1.54, 1.807) is 19.1 Å². The summed E-state index contributed by atoms with van der Waals surface area (Å²) in [7, 11) is 0. The molecule has 0 fully saturated rings. The summed E-state index contributed by atoms with van der Waals surface area (Å²) in [6.45, 7) is 8.55. The summed E-state index contributed by atoms with van der Waals surface area (Å²) in [5.41, 5.74) is 4.40. The summed E-state index contributed by atoms with van der Waals surface area (Å²) in [4.78, 5) is 25.3. The van der Waals surface area contributed by atoms with E-state index >= 15 is 0 Å². The van der Waals surface area contributed by atoms with Gasteiger partial charge in [-0.25, -0.2) is 4.79 Å². The number of amides is 1. The Balaban J connectivity index is 1.74. The van der Waals surface area contributed by atoms with Gasteiger partial charge in [-0.3, -0.25) is 4.79 Å². The van der Waals surface area contributed by atoms with E-state index in [1.165, 1.54) is 16.9 Å². The second kappa shape index (κ2) is 10.3. The van der Waals surface area contributed by atoms with Gasteiger partial charge in [-0.1, -0.05) is 68.8 Å². The standard InChI is InChI=1S/C26H28ClNO3S/c1-5-31-25(30)23-21(18-9-13-20(27)14-10-18)16-32-24(23)28-22(29)15-8-17-6-11-19(12-7-17)26(2,3)4/h6-7,9-14,16H,5,8,15H2,1-4H3,(H,28,29). The highest BCUT2D eigenvalue weighted by molar-refractivity contribution is 7.15. The molecule has 4 nitrogen and oxygen atoms in total. The number of rotatable bonds is 7. The number of benzene rings is 2. The molecule has 0 atom stereocenters. The van der Waals surface area contributed by atoms with Crippen LogP contribution in [0.4, 0.5) is 5.00 Å². The van der Waals surface area contributed by atoms with Crippen LogP contribution in [0.2, 0.25) is 5.02 Å². The zero-order valence-corrected chi connectivity index (χ0v) is 20.4. The van der Waals surface area contributed by atoms with Crippen LogP contribution in [-0.2, 0) is 21.4 Å². The van der Waals surface area contributed by atoms with Crippen LogP contribution >= 0.6 is 22.9 Å². The largest absolute Gasteiger partial charge is 0.462 e. The van der Waals surface area contributed by atoms with E-state index in [1.807, 2.05) is 17.5 Å². The average Bonchev–Trinajstić information content (AvgIpc) is 3.16. The zero-order chi connectivity index (χ0) is 23.3. The minimum Gasteiger partial charge on any atom is -0.462 e. The maximum atomic E-state index is 12.7. The molecule has 1 aromatic heterocycles. The van der Waals surface area contributed by atoms with E-state index < -0.39 is 5.97 Å². The van der Waals surface area contributed by atoms with Gasteiger partial charge in [0.2, 0.25) is 5.91 Å². The third kappa shape index (κ3) is 5.99. The summed E-state index contributed by atoms with van der Waals surface area (Å²) in [6.07, 6.45) is 0.950. The molecule has 1 heterocycles. The molecule has 3 aromatic rings. The Bertz CT molecular complexity index is 1080. The maximum Gasteiger partial charge on any atom is 0.341 e. The molecule has 0 aliphatic rings. The van der Waals surface area contributed by atoms with Crippen LogP contribution in [0.25, 0.3) is 11.1 Å². The van der Waals surface area contributed by atoms with Crippen molar-refractivity contribution in [1.82, 2.24) is 0 Å². The topological polar surface area (TPSA) is 55.4 Å². The summed E-state index contributed by atoms with van der Waals surface area (Å²) < 4.78 is 5.25. The average molecular weight is 470 g/mol. The van der Waals surface area contributed by atoms with Gasteiger partial charge in [0.25, 0.3) is 0 Å². The number of thiophene rings is 1. The Hall–Kier alpha value is -2.63. The molecule has 0 unspecified atom stereocenters. The van der Waals surface area contributed by atoms with Crippen LogP contribution in [-0.4, -0.2) is 18.5 Å². The van der Waals surface area contributed by atoms with Crippen molar-refractivity contribution in [2.75, 3.05) is 11.9 Å². The molecular formula is C26H28ClNO3S. The van der Waals surface area contributed by atoms with E-state index in [4.69, 9.17) is 16.3 Å². The van der Waals surface area contributed by atoms with E-state index in [9.17, 15) is 9.59 Å². The summed E-state index contributed by atoms with van der Waals surface area (Å²) in [5.74, 6) is -0.591. The highest BCUT2D eigenvalue weighted by Gasteiger charge is 2.23. The number of aryl methyl sites for hydroxylation is 1. The van der Waals surface area contributed by atoms with Gasteiger partial charge >= 0.3 is 5.97 Å². The SMILES string of the molecule is CCOC(=O)c1c(-c2ccc(Cl)cc2)csc1NC(=O)CCc1ccc(C(C)(C)C)cc1. The highest BCUT2D eigenvalue weighted by Crippen LogP contribution is 2.36. The number of anilines is 1. The molecule has 32 heavy (non-hydrogen) atoms. The van der Waals surface area contributed by atoms with E-state index in [2.05, 4.69) is 50.4 Å². The van der Waals surface area contributed by atoms with Crippen molar-refractivity contribution >= 4 is 39.8 Å². The lowest BCUT2D eigenvalue weighted by Gasteiger charge is -2.19. The molecule has 0 aliphatic heterocycles. The number of hydrogen-bond acceptors (Lipinski definition) is 4. The fraction of sp³-hybridized carbons (Fsp3) is 0.308. The van der Waals surface area contributed by atoms with Gasteiger partial charge in [0.1, 0.15) is 10.6 Å². The molecule has 0 saturated heterocycles. The molecule has 0 aliphatic carbocycles. The van der Waals surface area contributed by atoms with Gasteiger partial charge in [0.05, 0.1) is 6.61 Å². The van der Waals surface area contributed by atoms with Crippen molar-refractivity contribution in [3.8, 4) is 11.1 Å². The molecule has 0 saturated carbocycles. The van der Waals surface area contributed by atoms with E-state index in [0.717, 1.165) is 16.7 Å². The third-order valence-corrected chi connectivity index (χ3v) is 6.29. The normalized spacial score (nSPS) is 11.3. The van der Waals surface area contributed by atoms with Crippen molar-refractivity contribution in [1.29, 1.82) is 0 Å².